The van der Waals surface area contributed by atoms with E-state index < -0.39 is 5.97 Å². The van der Waals surface area contributed by atoms with Crippen LogP contribution in [0.1, 0.15) is 22.4 Å². The fourth-order valence-corrected chi connectivity index (χ4v) is 3.19. The van der Waals surface area contributed by atoms with Crippen LogP contribution in [0.25, 0.3) is 6.08 Å². The number of anilines is 1. The third-order valence-electron chi connectivity index (χ3n) is 3.65. The van der Waals surface area contributed by atoms with Gasteiger partial charge in [0.05, 0.1) is 0 Å². The number of hydrogen-bond acceptors (Lipinski definition) is 4. The molecule has 23 heavy (non-hydrogen) atoms. The number of hydrogen-bond donors (Lipinski definition) is 1. The van der Waals surface area contributed by atoms with Gasteiger partial charge in [-0.3, -0.25) is 4.79 Å². The first-order valence-electron chi connectivity index (χ1n) is 7.51. The van der Waals surface area contributed by atoms with Crippen molar-refractivity contribution in [3.05, 3.63) is 57.8 Å². The number of rotatable bonds is 5. The molecule has 1 aromatic heterocycles. The normalized spacial score (nSPS) is 13.0. The number of nitrogens with one attached hydrogen (secondary N) is 1. The smallest absolute Gasteiger partial charge is 0.331 e. The van der Waals surface area contributed by atoms with Gasteiger partial charge < -0.3 is 10.1 Å². The minimum absolute atomic E-state index is 0.287. The Morgan fingerprint density at radius 3 is 2.91 bits per heavy atom. The molecule has 3 rings (SSSR count). The lowest BCUT2D eigenvalue weighted by Gasteiger charge is -2.07. The Balaban J connectivity index is 1.47. The standard InChI is InChI=1S/C18H17NO3S/c20-17(12-22-18(21)9-8-16-5-2-10-23-16)19-15-7-6-13-3-1-4-14(13)11-15/h2,5-11H,1,3-4,12H2,(H,19,20). The van der Waals surface area contributed by atoms with Crippen molar-refractivity contribution in [2.45, 2.75) is 19.3 Å². The average molecular weight is 327 g/mol. The molecule has 4 nitrogen and oxygen atoms in total. The summed E-state index contributed by atoms with van der Waals surface area (Å²) in [7, 11) is 0. The number of carbonyl (C=O) groups excluding carboxylic acids is 2. The molecule has 0 atom stereocenters. The molecule has 118 valence electrons. The number of esters is 1. The SMILES string of the molecule is O=C(COC(=O)C=Cc1cccs1)Nc1ccc2c(c1)CCC2. The van der Waals surface area contributed by atoms with Crippen LogP contribution in [0, 0.1) is 0 Å². The summed E-state index contributed by atoms with van der Waals surface area (Å²) in [6.07, 6.45) is 6.33. The number of benzene rings is 1. The van der Waals surface area contributed by atoms with E-state index in [-0.39, 0.29) is 12.5 Å². The Bertz CT molecular complexity index is 735. The van der Waals surface area contributed by atoms with E-state index in [9.17, 15) is 9.59 Å². The maximum atomic E-state index is 11.8. The molecule has 1 aromatic carbocycles. The molecule has 2 aromatic rings. The van der Waals surface area contributed by atoms with Gasteiger partial charge in [0, 0.05) is 16.6 Å². The number of thiophene rings is 1. The fourth-order valence-electron chi connectivity index (χ4n) is 2.57. The van der Waals surface area contributed by atoms with Crippen molar-refractivity contribution in [1.29, 1.82) is 0 Å². The first-order chi connectivity index (χ1) is 11.2. The molecule has 1 aliphatic carbocycles. The number of carbonyl (C=O) groups is 2. The maximum Gasteiger partial charge on any atom is 0.331 e. The average Bonchev–Trinajstić information content (AvgIpc) is 3.21. The largest absolute Gasteiger partial charge is 0.452 e. The van der Waals surface area contributed by atoms with Crippen LogP contribution in [0.4, 0.5) is 5.69 Å². The van der Waals surface area contributed by atoms with Crippen molar-refractivity contribution in [1.82, 2.24) is 0 Å². The molecule has 0 saturated carbocycles. The minimum Gasteiger partial charge on any atom is -0.452 e. The van der Waals surface area contributed by atoms with Crippen molar-refractivity contribution in [3.63, 3.8) is 0 Å². The van der Waals surface area contributed by atoms with E-state index in [2.05, 4.69) is 5.32 Å². The topological polar surface area (TPSA) is 55.4 Å². The van der Waals surface area contributed by atoms with E-state index in [1.165, 1.54) is 35.0 Å². The molecule has 1 amide bonds. The molecule has 1 heterocycles. The quantitative estimate of drug-likeness (QED) is 0.676. The summed E-state index contributed by atoms with van der Waals surface area (Å²) in [6, 6.07) is 9.74. The van der Waals surface area contributed by atoms with Gasteiger partial charge in [0.2, 0.25) is 0 Å². The highest BCUT2D eigenvalue weighted by molar-refractivity contribution is 7.10. The number of aryl methyl sites for hydroxylation is 2. The molecule has 1 N–H and O–H groups in total. The van der Waals surface area contributed by atoms with Gasteiger partial charge in [-0.05, 0) is 60.0 Å². The van der Waals surface area contributed by atoms with Crippen LogP contribution < -0.4 is 5.32 Å². The molecule has 0 saturated heterocycles. The van der Waals surface area contributed by atoms with E-state index >= 15 is 0 Å². The first-order valence-corrected chi connectivity index (χ1v) is 8.39. The molecule has 0 fully saturated rings. The summed E-state index contributed by atoms with van der Waals surface area (Å²) in [6.45, 7) is -0.287. The van der Waals surface area contributed by atoms with Crippen LogP contribution in [0.5, 0.6) is 0 Å². The van der Waals surface area contributed by atoms with Crippen LogP contribution in [-0.4, -0.2) is 18.5 Å². The number of ether oxygens (including phenoxy) is 1. The van der Waals surface area contributed by atoms with Crippen LogP contribution in [0.3, 0.4) is 0 Å². The highest BCUT2D eigenvalue weighted by atomic mass is 32.1. The Kier molecular flexibility index (Phi) is 4.88. The Morgan fingerprint density at radius 1 is 1.22 bits per heavy atom. The molecular formula is C18H17NO3S. The summed E-state index contributed by atoms with van der Waals surface area (Å²) < 4.78 is 4.93. The third-order valence-corrected chi connectivity index (χ3v) is 4.49. The lowest BCUT2D eigenvalue weighted by Crippen LogP contribution is -2.20. The zero-order valence-electron chi connectivity index (χ0n) is 12.6. The molecule has 0 radical (unpaired) electrons. The van der Waals surface area contributed by atoms with Crippen LogP contribution in [-0.2, 0) is 27.2 Å². The van der Waals surface area contributed by atoms with Crippen LogP contribution in [0.15, 0.2) is 41.8 Å². The fraction of sp³-hybridized carbons (Fsp3) is 0.222. The van der Waals surface area contributed by atoms with Crippen molar-refractivity contribution >= 4 is 35.0 Å². The van der Waals surface area contributed by atoms with Gasteiger partial charge in [0.1, 0.15) is 0 Å². The molecule has 5 heteroatoms. The van der Waals surface area contributed by atoms with Crippen molar-refractivity contribution in [2.24, 2.45) is 0 Å². The second-order valence-electron chi connectivity index (χ2n) is 5.34. The summed E-state index contributed by atoms with van der Waals surface area (Å²) in [5, 5.41) is 4.68. The second kappa shape index (κ2) is 7.24. The van der Waals surface area contributed by atoms with Gasteiger partial charge in [0.15, 0.2) is 6.61 Å². The van der Waals surface area contributed by atoms with Gasteiger partial charge in [0.25, 0.3) is 5.91 Å². The van der Waals surface area contributed by atoms with Crippen molar-refractivity contribution in [2.75, 3.05) is 11.9 Å². The first kappa shape index (κ1) is 15.5. The highest BCUT2D eigenvalue weighted by Gasteiger charge is 2.12. The predicted molar refractivity (Wildman–Crippen MR) is 91.4 cm³/mol. The van der Waals surface area contributed by atoms with E-state index in [4.69, 9.17) is 4.74 Å². The zero-order chi connectivity index (χ0) is 16.1. The molecular weight excluding hydrogens is 310 g/mol. The summed E-state index contributed by atoms with van der Waals surface area (Å²) in [4.78, 5) is 24.4. The zero-order valence-corrected chi connectivity index (χ0v) is 13.4. The number of fused-ring (bicyclic) bond motifs is 1. The predicted octanol–water partition coefficient (Wildman–Crippen LogP) is 3.43. The van der Waals surface area contributed by atoms with Crippen molar-refractivity contribution < 1.29 is 14.3 Å². The molecule has 0 bridgehead atoms. The van der Waals surface area contributed by atoms with E-state index in [1.54, 1.807) is 6.08 Å². The summed E-state index contributed by atoms with van der Waals surface area (Å²) in [5.41, 5.74) is 3.40. The van der Waals surface area contributed by atoms with E-state index in [0.717, 1.165) is 23.4 Å². The Hall–Kier alpha value is -2.40. The van der Waals surface area contributed by atoms with Gasteiger partial charge >= 0.3 is 5.97 Å². The van der Waals surface area contributed by atoms with Crippen LogP contribution >= 0.6 is 11.3 Å². The molecule has 1 aliphatic rings. The Labute approximate surface area is 138 Å². The third kappa shape index (κ3) is 4.29. The van der Waals surface area contributed by atoms with Crippen molar-refractivity contribution in [3.8, 4) is 0 Å². The van der Waals surface area contributed by atoms with Gasteiger partial charge in [-0.1, -0.05) is 12.1 Å². The molecule has 0 aliphatic heterocycles. The van der Waals surface area contributed by atoms with Gasteiger partial charge in [-0.25, -0.2) is 4.79 Å². The molecule has 0 spiro atoms. The lowest BCUT2D eigenvalue weighted by atomic mass is 10.1. The molecule has 0 unspecified atom stereocenters. The van der Waals surface area contributed by atoms with Crippen LogP contribution in [0.2, 0.25) is 0 Å². The van der Waals surface area contributed by atoms with E-state index in [1.807, 2.05) is 35.7 Å². The monoisotopic (exact) mass is 327 g/mol. The Morgan fingerprint density at radius 2 is 2.09 bits per heavy atom. The van der Waals surface area contributed by atoms with Gasteiger partial charge in [-0.15, -0.1) is 11.3 Å². The highest BCUT2D eigenvalue weighted by Crippen LogP contribution is 2.24. The number of amides is 1. The summed E-state index contributed by atoms with van der Waals surface area (Å²) >= 11 is 1.53. The minimum atomic E-state index is -0.525. The lowest BCUT2D eigenvalue weighted by molar-refractivity contribution is -0.142. The van der Waals surface area contributed by atoms with Gasteiger partial charge in [-0.2, -0.15) is 0 Å². The second-order valence-corrected chi connectivity index (χ2v) is 6.32. The summed E-state index contributed by atoms with van der Waals surface area (Å²) in [5.74, 6) is -0.858. The van der Waals surface area contributed by atoms with E-state index in [0.29, 0.717) is 0 Å². The maximum absolute atomic E-state index is 11.8.